The summed E-state index contributed by atoms with van der Waals surface area (Å²) in [6.07, 6.45) is 4.10. The summed E-state index contributed by atoms with van der Waals surface area (Å²) in [7, 11) is -3.97. The van der Waals surface area contributed by atoms with Crippen molar-refractivity contribution in [3.05, 3.63) is 35.6 Å². The van der Waals surface area contributed by atoms with Crippen LogP contribution < -0.4 is 5.32 Å². The van der Waals surface area contributed by atoms with E-state index >= 15 is 0 Å². The zero-order valence-corrected chi connectivity index (χ0v) is 13.9. The van der Waals surface area contributed by atoms with E-state index < -0.39 is 21.8 Å². The molecule has 0 saturated heterocycles. The lowest BCUT2D eigenvalue weighted by atomic mass is 9.75. The molecule has 1 aromatic rings. The highest BCUT2D eigenvalue weighted by molar-refractivity contribution is 7.85. The Balaban J connectivity index is 2.06. The normalized spacial score (nSPS) is 19.4. The van der Waals surface area contributed by atoms with Crippen LogP contribution in [0.2, 0.25) is 0 Å². The highest BCUT2D eigenvalue weighted by Crippen LogP contribution is 2.38. The van der Waals surface area contributed by atoms with E-state index in [1.165, 1.54) is 12.1 Å². The summed E-state index contributed by atoms with van der Waals surface area (Å²) in [5.74, 6) is -0.650. The Morgan fingerprint density at radius 2 is 1.78 bits per heavy atom. The van der Waals surface area contributed by atoms with Gasteiger partial charge in [-0.1, -0.05) is 31.4 Å². The summed E-state index contributed by atoms with van der Waals surface area (Å²) in [5, 5.41) is 14.1. The molecular formula is C16H24FNO4S. The van der Waals surface area contributed by atoms with Crippen LogP contribution >= 0.6 is 0 Å². The minimum absolute atomic E-state index is 0.275. The first-order valence-corrected chi connectivity index (χ1v) is 9.57. The van der Waals surface area contributed by atoms with E-state index in [0.29, 0.717) is 12.1 Å². The summed E-state index contributed by atoms with van der Waals surface area (Å²) in [4.78, 5) is 0. The van der Waals surface area contributed by atoms with E-state index in [2.05, 4.69) is 5.32 Å². The Kier molecular flexibility index (Phi) is 6.13. The van der Waals surface area contributed by atoms with Crippen LogP contribution in [0.4, 0.5) is 4.39 Å². The fourth-order valence-electron chi connectivity index (χ4n) is 3.29. The van der Waals surface area contributed by atoms with Crippen LogP contribution in [-0.2, 0) is 10.1 Å². The lowest BCUT2D eigenvalue weighted by molar-refractivity contribution is 0.0322. The van der Waals surface area contributed by atoms with Crippen LogP contribution in [0.3, 0.4) is 0 Å². The first kappa shape index (κ1) is 18.3. The largest absolute Gasteiger partial charge is 0.386 e. The van der Waals surface area contributed by atoms with Crippen molar-refractivity contribution in [1.29, 1.82) is 0 Å². The second-order valence-electron chi connectivity index (χ2n) is 6.24. The van der Waals surface area contributed by atoms with Gasteiger partial charge in [-0.3, -0.25) is 4.55 Å². The standard InChI is InChI=1S/C16H24FNO4S/c17-14-7-5-13(6-8-14)15(19)16(9-2-1-3-10-16)18-11-4-12-23(20,21)22/h5-8,15,18-19H,1-4,9-12H2,(H,20,21,22). The van der Waals surface area contributed by atoms with Crippen molar-refractivity contribution in [2.45, 2.75) is 50.2 Å². The van der Waals surface area contributed by atoms with E-state index in [-0.39, 0.29) is 18.0 Å². The third-order valence-corrected chi connectivity index (χ3v) is 5.32. The quantitative estimate of drug-likeness (QED) is 0.522. The van der Waals surface area contributed by atoms with Crippen LogP contribution in [0.25, 0.3) is 0 Å². The molecule has 1 aliphatic carbocycles. The van der Waals surface area contributed by atoms with Crippen LogP contribution in [0.5, 0.6) is 0 Å². The zero-order chi connectivity index (χ0) is 16.9. The highest BCUT2D eigenvalue weighted by Gasteiger charge is 2.39. The van der Waals surface area contributed by atoms with Crippen LogP contribution in [0.15, 0.2) is 24.3 Å². The molecule has 7 heteroatoms. The molecular weight excluding hydrogens is 321 g/mol. The third-order valence-electron chi connectivity index (χ3n) is 4.51. The minimum atomic E-state index is -3.97. The van der Waals surface area contributed by atoms with Gasteiger partial charge in [-0.25, -0.2) is 4.39 Å². The summed E-state index contributed by atoms with van der Waals surface area (Å²) >= 11 is 0. The summed E-state index contributed by atoms with van der Waals surface area (Å²) in [6, 6.07) is 5.81. The third kappa shape index (κ3) is 5.24. The number of nitrogens with one attached hydrogen (secondary N) is 1. The smallest absolute Gasteiger partial charge is 0.264 e. The fraction of sp³-hybridized carbons (Fsp3) is 0.625. The van der Waals surface area contributed by atoms with Crippen LogP contribution in [0, 0.1) is 5.82 Å². The van der Waals surface area contributed by atoms with Gasteiger partial charge < -0.3 is 10.4 Å². The van der Waals surface area contributed by atoms with Gasteiger partial charge >= 0.3 is 0 Å². The predicted octanol–water partition coefficient (Wildman–Crippen LogP) is 2.43. The molecule has 5 nitrogen and oxygen atoms in total. The summed E-state index contributed by atoms with van der Waals surface area (Å²) in [6.45, 7) is 0.387. The Hall–Kier alpha value is -1.02. The second-order valence-corrected chi connectivity index (χ2v) is 7.81. The number of halogens is 1. The van der Waals surface area contributed by atoms with Crippen molar-refractivity contribution in [2.75, 3.05) is 12.3 Å². The topological polar surface area (TPSA) is 86.6 Å². The Labute approximate surface area is 136 Å². The average Bonchev–Trinajstić information content (AvgIpc) is 2.52. The second kappa shape index (κ2) is 7.70. The van der Waals surface area contributed by atoms with Gasteiger partial charge in [0, 0.05) is 5.54 Å². The molecule has 130 valence electrons. The van der Waals surface area contributed by atoms with Crippen molar-refractivity contribution in [3.63, 3.8) is 0 Å². The monoisotopic (exact) mass is 345 g/mol. The van der Waals surface area contributed by atoms with Gasteiger partial charge in [-0.15, -0.1) is 0 Å². The number of aliphatic hydroxyl groups excluding tert-OH is 1. The van der Waals surface area contributed by atoms with Gasteiger partial charge in [0.25, 0.3) is 10.1 Å². The van der Waals surface area contributed by atoms with Gasteiger partial charge in [-0.05, 0) is 43.5 Å². The number of hydrogen-bond donors (Lipinski definition) is 3. The zero-order valence-electron chi connectivity index (χ0n) is 13.0. The number of benzene rings is 1. The molecule has 0 amide bonds. The van der Waals surface area contributed by atoms with E-state index in [1.54, 1.807) is 12.1 Å². The maximum Gasteiger partial charge on any atom is 0.264 e. The number of aliphatic hydroxyl groups is 1. The van der Waals surface area contributed by atoms with Crippen LogP contribution in [0.1, 0.15) is 50.2 Å². The molecule has 1 aliphatic rings. The van der Waals surface area contributed by atoms with Crippen molar-refractivity contribution >= 4 is 10.1 Å². The molecule has 0 aromatic heterocycles. The fourth-order valence-corrected chi connectivity index (χ4v) is 3.79. The average molecular weight is 345 g/mol. The highest BCUT2D eigenvalue weighted by atomic mass is 32.2. The molecule has 2 rings (SSSR count). The summed E-state index contributed by atoms with van der Waals surface area (Å²) in [5.41, 5.74) is 0.116. The Bertz CT molecular complexity index is 597. The summed E-state index contributed by atoms with van der Waals surface area (Å²) < 4.78 is 43.4. The van der Waals surface area contributed by atoms with Crippen molar-refractivity contribution in [3.8, 4) is 0 Å². The van der Waals surface area contributed by atoms with E-state index in [1.807, 2.05) is 0 Å². The molecule has 0 bridgehead atoms. The van der Waals surface area contributed by atoms with Gasteiger partial charge in [0.15, 0.2) is 0 Å². The Morgan fingerprint density at radius 3 is 2.35 bits per heavy atom. The lowest BCUT2D eigenvalue weighted by Gasteiger charge is -2.42. The first-order chi connectivity index (χ1) is 10.8. The maximum atomic E-state index is 13.1. The maximum absolute atomic E-state index is 13.1. The number of hydrogen-bond acceptors (Lipinski definition) is 4. The van der Waals surface area contributed by atoms with Gasteiger partial charge in [-0.2, -0.15) is 8.42 Å². The van der Waals surface area contributed by atoms with E-state index in [4.69, 9.17) is 4.55 Å². The molecule has 1 aromatic carbocycles. The van der Waals surface area contributed by atoms with Crippen molar-refractivity contribution < 1.29 is 22.5 Å². The molecule has 1 atom stereocenters. The molecule has 3 N–H and O–H groups in total. The van der Waals surface area contributed by atoms with Crippen molar-refractivity contribution in [1.82, 2.24) is 5.32 Å². The van der Waals surface area contributed by atoms with E-state index in [0.717, 1.165) is 32.1 Å². The minimum Gasteiger partial charge on any atom is -0.386 e. The molecule has 1 saturated carbocycles. The molecule has 0 radical (unpaired) electrons. The van der Waals surface area contributed by atoms with Gasteiger partial charge in [0.2, 0.25) is 0 Å². The van der Waals surface area contributed by atoms with Crippen LogP contribution in [-0.4, -0.2) is 35.9 Å². The lowest BCUT2D eigenvalue weighted by Crippen LogP contribution is -2.52. The van der Waals surface area contributed by atoms with E-state index in [9.17, 15) is 17.9 Å². The first-order valence-electron chi connectivity index (χ1n) is 7.96. The van der Waals surface area contributed by atoms with Gasteiger partial charge in [0.05, 0.1) is 11.9 Å². The molecule has 0 aliphatic heterocycles. The Morgan fingerprint density at radius 1 is 1.17 bits per heavy atom. The predicted molar refractivity (Wildman–Crippen MR) is 86.2 cm³/mol. The SMILES string of the molecule is O=S(=O)(O)CCCNC1(C(O)c2ccc(F)cc2)CCCCC1. The molecule has 0 spiro atoms. The molecule has 0 heterocycles. The molecule has 1 unspecified atom stereocenters. The molecule has 23 heavy (non-hydrogen) atoms. The van der Waals surface area contributed by atoms with Crippen molar-refractivity contribution in [2.24, 2.45) is 0 Å². The van der Waals surface area contributed by atoms with Gasteiger partial charge in [0.1, 0.15) is 5.82 Å². The molecule has 1 fully saturated rings. The number of rotatable bonds is 7.